The maximum Gasteiger partial charge on any atom is 0.272 e. The molecule has 1 fully saturated rings. The van der Waals surface area contributed by atoms with Gasteiger partial charge in [-0.05, 0) is 0 Å². The molecule has 8 nitrogen and oxygen atoms in total. The van der Waals surface area contributed by atoms with E-state index in [2.05, 4.69) is 25.1 Å². The molecular formula is C13H18N6O2. The molecule has 2 N–H and O–H groups in total. The number of amides is 1. The van der Waals surface area contributed by atoms with E-state index in [0.29, 0.717) is 31.2 Å². The number of H-pyrrole nitrogens is 2. The highest BCUT2D eigenvalue weighted by molar-refractivity contribution is 5.92. The first kappa shape index (κ1) is 13.7. The molecule has 0 spiro atoms. The van der Waals surface area contributed by atoms with E-state index < -0.39 is 0 Å². The zero-order chi connectivity index (χ0) is 14.8. The predicted molar refractivity (Wildman–Crippen MR) is 73.7 cm³/mol. The Morgan fingerprint density at radius 2 is 2.38 bits per heavy atom. The van der Waals surface area contributed by atoms with Crippen LogP contribution >= 0.6 is 0 Å². The Labute approximate surface area is 121 Å². The molecule has 21 heavy (non-hydrogen) atoms. The molecule has 3 heterocycles. The normalized spacial score (nSPS) is 19.2. The summed E-state index contributed by atoms with van der Waals surface area (Å²) in [6.45, 7) is 5.54. The van der Waals surface area contributed by atoms with E-state index in [9.17, 15) is 4.79 Å². The Bertz CT molecular complexity index is 606. The van der Waals surface area contributed by atoms with Gasteiger partial charge in [-0.15, -0.1) is 0 Å². The number of nitrogens with zero attached hydrogens (tertiary/aromatic N) is 4. The molecule has 2 aromatic rings. The highest BCUT2D eigenvalue weighted by Crippen LogP contribution is 2.21. The van der Waals surface area contributed by atoms with Crippen LogP contribution in [0.2, 0.25) is 0 Å². The fourth-order valence-corrected chi connectivity index (χ4v) is 2.23. The minimum absolute atomic E-state index is 0.0793. The average molecular weight is 290 g/mol. The third-order valence-electron chi connectivity index (χ3n) is 3.42. The molecule has 1 aliphatic rings. The number of rotatable bonds is 3. The van der Waals surface area contributed by atoms with Crippen molar-refractivity contribution in [2.75, 3.05) is 19.7 Å². The summed E-state index contributed by atoms with van der Waals surface area (Å²) in [6, 6.07) is 0. The Balaban J connectivity index is 1.72. The number of aromatic amines is 2. The van der Waals surface area contributed by atoms with Gasteiger partial charge < -0.3 is 14.6 Å². The van der Waals surface area contributed by atoms with Gasteiger partial charge in [0.1, 0.15) is 11.8 Å². The molecule has 0 radical (unpaired) electrons. The molecule has 1 atom stereocenters. The Morgan fingerprint density at radius 1 is 1.52 bits per heavy atom. The van der Waals surface area contributed by atoms with Gasteiger partial charge in [-0.1, -0.05) is 13.8 Å². The summed E-state index contributed by atoms with van der Waals surface area (Å²) in [5, 5.41) is 7.08. The van der Waals surface area contributed by atoms with Gasteiger partial charge in [-0.2, -0.15) is 5.10 Å². The van der Waals surface area contributed by atoms with Crippen molar-refractivity contribution in [1.29, 1.82) is 0 Å². The first-order chi connectivity index (χ1) is 10.1. The quantitative estimate of drug-likeness (QED) is 0.873. The molecule has 0 saturated carbocycles. The molecule has 3 rings (SSSR count). The fourth-order valence-electron chi connectivity index (χ4n) is 2.23. The maximum atomic E-state index is 12.3. The highest BCUT2D eigenvalue weighted by atomic mass is 16.5. The van der Waals surface area contributed by atoms with Gasteiger partial charge in [0.15, 0.2) is 11.6 Å². The molecule has 1 unspecified atom stereocenters. The number of ether oxygens (including phenoxy) is 1. The molecule has 1 aliphatic heterocycles. The third-order valence-corrected chi connectivity index (χ3v) is 3.42. The molecule has 0 aromatic carbocycles. The number of aromatic nitrogens is 5. The number of hydrogen-bond donors (Lipinski definition) is 2. The van der Waals surface area contributed by atoms with Crippen LogP contribution in [0.25, 0.3) is 0 Å². The van der Waals surface area contributed by atoms with Gasteiger partial charge in [-0.25, -0.2) is 9.97 Å². The topological polar surface area (TPSA) is 99.8 Å². The lowest BCUT2D eigenvalue weighted by atomic mass is 10.2. The van der Waals surface area contributed by atoms with Gasteiger partial charge in [0.05, 0.1) is 25.7 Å². The van der Waals surface area contributed by atoms with Crippen molar-refractivity contribution in [2.24, 2.45) is 0 Å². The lowest BCUT2D eigenvalue weighted by Crippen LogP contribution is -2.42. The van der Waals surface area contributed by atoms with Crippen molar-refractivity contribution in [1.82, 2.24) is 30.0 Å². The molecule has 0 aliphatic carbocycles. The second kappa shape index (κ2) is 5.65. The largest absolute Gasteiger partial charge is 0.367 e. The summed E-state index contributed by atoms with van der Waals surface area (Å²) >= 11 is 0. The second-order valence-electron chi connectivity index (χ2n) is 5.31. The number of nitrogens with one attached hydrogen (secondary N) is 2. The van der Waals surface area contributed by atoms with Gasteiger partial charge in [0, 0.05) is 12.5 Å². The van der Waals surface area contributed by atoms with Crippen LogP contribution in [0.15, 0.2) is 12.5 Å². The van der Waals surface area contributed by atoms with Gasteiger partial charge in [-0.3, -0.25) is 9.89 Å². The van der Waals surface area contributed by atoms with Gasteiger partial charge >= 0.3 is 0 Å². The molecule has 0 bridgehead atoms. The fraction of sp³-hybridized carbons (Fsp3) is 0.538. The molecular weight excluding hydrogens is 272 g/mol. The van der Waals surface area contributed by atoms with E-state index in [-0.39, 0.29) is 17.9 Å². The third kappa shape index (κ3) is 2.80. The minimum Gasteiger partial charge on any atom is -0.367 e. The van der Waals surface area contributed by atoms with E-state index >= 15 is 0 Å². The van der Waals surface area contributed by atoms with Crippen LogP contribution in [0.1, 0.15) is 48.0 Å². The van der Waals surface area contributed by atoms with E-state index in [4.69, 9.17) is 4.74 Å². The first-order valence-corrected chi connectivity index (χ1v) is 6.96. The highest BCUT2D eigenvalue weighted by Gasteiger charge is 2.29. The molecule has 2 aromatic heterocycles. The van der Waals surface area contributed by atoms with E-state index in [1.165, 1.54) is 12.5 Å². The Morgan fingerprint density at radius 3 is 3.05 bits per heavy atom. The molecule has 8 heteroatoms. The van der Waals surface area contributed by atoms with E-state index in [1.54, 1.807) is 4.90 Å². The van der Waals surface area contributed by atoms with Crippen LogP contribution in [0.5, 0.6) is 0 Å². The standard InChI is InChI=1S/C13H18N6O2/c1-8(2)11-16-12(18-17-11)10-6-19(3-4-21-10)13(20)9-5-14-7-15-9/h5,7-8,10H,3-4,6H2,1-2H3,(H,14,15)(H,16,17,18). The monoisotopic (exact) mass is 290 g/mol. The number of carbonyl (C=O) groups is 1. The van der Waals surface area contributed by atoms with E-state index in [1.807, 2.05) is 13.8 Å². The van der Waals surface area contributed by atoms with Crippen LogP contribution in [0.3, 0.4) is 0 Å². The van der Waals surface area contributed by atoms with Crippen molar-refractivity contribution >= 4 is 5.91 Å². The smallest absolute Gasteiger partial charge is 0.272 e. The first-order valence-electron chi connectivity index (χ1n) is 6.96. The van der Waals surface area contributed by atoms with E-state index in [0.717, 1.165) is 5.82 Å². The number of hydrogen-bond acceptors (Lipinski definition) is 5. The zero-order valence-corrected chi connectivity index (χ0v) is 12.0. The molecule has 112 valence electrons. The molecule has 1 amide bonds. The van der Waals surface area contributed by atoms with Crippen LogP contribution in [0.4, 0.5) is 0 Å². The van der Waals surface area contributed by atoms with Gasteiger partial charge in [0.2, 0.25) is 0 Å². The number of imidazole rings is 1. The summed E-state index contributed by atoms with van der Waals surface area (Å²) in [5.74, 6) is 1.59. The summed E-state index contributed by atoms with van der Waals surface area (Å²) in [7, 11) is 0. The van der Waals surface area contributed by atoms with Gasteiger partial charge in [0.25, 0.3) is 5.91 Å². The van der Waals surface area contributed by atoms with Crippen LogP contribution < -0.4 is 0 Å². The van der Waals surface area contributed by atoms with Crippen molar-refractivity contribution in [3.8, 4) is 0 Å². The van der Waals surface area contributed by atoms with Crippen molar-refractivity contribution < 1.29 is 9.53 Å². The number of morpholine rings is 1. The van der Waals surface area contributed by atoms with Crippen molar-refractivity contribution in [3.05, 3.63) is 29.9 Å². The SMILES string of the molecule is CC(C)c1n[nH]c(C2CN(C(=O)c3cnc[nH]3)CCO2)n1. The lowest BCUT2D eigenvalue weighted by Gasteiger charge is -2.31. The summed E-state index contributed by atoms with van der Waals surface area (Å²) in [5.41, 5.74) is 0.482. The van der Waals surface area contributed by atoms with Crippen LogP contribution in [-0.4, -0.2) is 55.7 Å². The number of carbonyl (C=O) groups excluding carboxylic acids is 1. The van der Waals surface area contributed by atoms with Crippen molar-refractivity contribution in [2.45, 2.75) is 25.9 Å². The van der Waals surface area contributed by atoms with Crippen molar-refractivity contribution in [3.63, 3.8) is 0 Å². The summed E-state index contributed by atoms with van der Waals surface area (Å²) in [4.78, 5) is 25.2. The minimum atomic E-state index is -0.273. The summed E-state index contributed by atoms with van der Waals surface area (Å²) < 4.78 is 5.70. The lowest BCUT2D eigenvalue weighted by molar-refractivity contribution is -0.0268. The Kier molecular flexibility index (Phi) is 3.70. The average Bonchev–Trinajstić information content (AvgIpc) is 3.18. The van der Waals surface area contributed by atoms with Crippen LogP contribution in [0, 0.1) is 0 Å². The Hall–Kier alpha value is -2.22. The van der Waals surface area contributed by atoms with Crippen LogP contribution in [-0.2, 0) is 4.74 Å². The maximum absolute atomic E-state index is 12.3. The summed E-state index contributed by atoms with van der Waals surface area (Å²) in [6.07, 6.45) is 2.75. The zero-order valence-electron chi connectivity index (χ0n) is 12.0. The second-order valence-corrected chi connectivity index (χ2v) is 5.31. The predicted octanol–water partition coefficient (Wildman–Crippen LogP) is 0.865. The molecule has 1 saturated heterocycles.